The Bertz CT molecular complexity index is 914. The van der Waals surface area contributed by atoms with Crippen LogP contribution in [0.2, 0.25) is 0 Å². The number of methoxy groups -OCH3 is 2. The normalized spacial score (nSPS) is 39.6. The van der Waals surface area contributed by atoms with E-state index in [0.717, 1.165) is 6.42 Å². The summed E-state index contributed by atoms with van der Waals surface area (Å²) in [5, 5.41) is 0. The van der Waals surface area contributed by atoms with Crippen molar-refractivity contribution in [1.29, 1.82) is 0 Å². The van der Waals surface area contributed by atoms with Gasteiger partial charge in [0.05, 0.1) is 24.9 Å². The van der Waals surface area contributed by atoms with E-state index in [0.29, 0.717) is 34.1 Å². The molecule has 6 atom stereocenters. The Morgan fingerprint density at radius 1 is 1.00 bits per heavy atom. The molecule has 0 spiro atoms. The van der Waals surface area contributed by atoms with Gasteiger partial charge in [-0.05, 0) is 71.3 Å². The average Bonchev–Trinajstić information content (AvgIpc) is 3.23. The van der Waals surface area contributed by atoms with Gasteiger partial charge in [-0.3, -0.25) is 0 Å². The van der Waals surface area contributed by atoms with Crippen LogP contribution in [-0.4, -0.2) is 28.4 Å². The standard InChI is InChI=1S/C25H38O4S/c1-16-20-14-21-23(2,3)9-8-10-24(21,4)22(25(16,20)5)15-30(26,27)19-12-17(28-6)11-18(13-19)29-7/h11-13,16,20-22H,8-10,14-15H2,1-7H3/t16?,20?,21-,22?,24-,25-/m0/s1. The second kappa shape index (κ2) is 6.88. The molecule has 0 amide bonds. The fourth-order valence-electron chi connectivity index (χ4n) is 7.68. The Hall–Kier alpha value is -1.23. The molecule has 0 radical (unpaired) electrons. The van der Waals surface area contributed by atoms with Crippen LogP contribution in [0.15, 0.2) is 23.1 Å². The molecule has 3 aliphatic carbocycles. The van der Waals surface area contributed by atoms with Crippen LogP contribution in [0.5, 0.6) is 11.5 Å². The molecule has 0 aromatic heterocycles. The smallest absolute Gasteiger partial charge is 0.178 e. The van der Waals surface area contributed by atoms with Gasteiger partial charge in [-0.1, -0.05) is 41.0 Å². The lowest BCUT2D eigenvalue weighted by Crippen LogP contribution is -2.53. The molecule has 30 heavy (non-hydrogen) atoms. The first-order chi connectivity index (χ1) is 13.9. The maximum absolute atomic E-state index is 13.7. The lowest BCUT2D eigenvalue weighted by molar-refractivity contribution is -0.0899. The Kier molecular flexibility index (Phi) is 5.04. The Balaban J connectivity index is 1.75. The molecule has 168 valence electrons. The van der Waals surface area contributed by atoms with Gasteiger partial charge in [0.15, 0.2) is 9.84 Å². The zero-order valence-corrected chi connectivity index (χ0v) is 20.4. The van der Waals surface area contributed by atoms with Crippen LogP contribution in [0.4, 0.5) is 0 Å². The number of hydrogen-bond donors (Lipinski definition) is 0. The Labute approximate surface area is 182 Å². The first-order valence-electron chi connectivity index (χ1n) is 11.4. The first kappa shape index (κ1) is 22.0. The van der Waals surface area contributed by atoms with E-state index >= 15 is 0 Å². The zero-order chi connectivity index (χ0) is 22.1. The molecule has 5 heteroatoms. The van der Waals surface area contributed by atoms with Gasteiger partial charge >= 0.3 is 0 Å². The minimum Gasteiger partial charge on any atom is -0.497 e. The van der Waals surface area contributed by atoms with E-state index in [1.54, 1.807) is 32.4 Å². The zero-order valence-electron chi connectivity index (χ0n) is 19.6. The van der Waals surface area contributed by atoms with Gasteiger partial charge in [0, 0.05) is 6.07 Å². The predicted octanol–water partition coefficient (Wildman–Crippen LogP) is 5.60. The summed E-state index contributed by atoms with van der Waals surface area (Å²) in [6.45, 7) is 11.9. The van der Waals surface area contributed by atoms with Crippen molar-refractivity contribution in [3.8, 4) is 11.5 Å². The number of fused-ring (bicyclic) bond motifs is 2. The molecule has 3 unspecified atom stereocenters. The molecular formula is C25H38O4S. The van der Waals surface area contributed by atoms with E-state index in [1.165, 1.54) is 19.3 Å². The van der Waals surface area contributed by atoms with Gasteiger partial charge in [-0.25, -0.2) is 8.42 Å². The topological polar surface area (TPSA) is 52.6 Å². The fourth-order valence-corrected chi connectivity index (χ4v) is 9.64. The van der Waals surface area contributed by atoms with E-state index in [4.69, 9.17) is 9.47 Å². The number of rotatable bonds is 5. The summed E-state index contributed by atoms with van der Waals surface area (Å²) in [6.07, 6.45) is 4.83. The van der Waals surface area contributed by atoms with Crippen molar-refractivity contribution in [3.63, 3.8) is 0 Å². The van der Waals surface area contributed by atoms with Gasteiger partial charge in [0.1, 0.15) is 11.5 Å². The molecule has 4 nitrogen and oxygen atoms in total. The molecule has 1 aromatic carbocycles. The van der Waals surface area contributed by atoms with Crippen LogP contribution in [0.3, 0.4) is 0 Å². The van der Waals surface area contributed by atoms with Crippen LogP contribution in [0.1, 0.15) is 60.3 Å². The first-order valence-corrected chi connectivity index (χ1v) is 13.0. The third-order valence-corrected chi connectivity index (χ3v) is 11.4. The van der Waals surface area contributed by atoms with Crippen LogP contribution >= 0.6 is 0 Å². The Morgan fingerprint density at radius 3 is 2.17 bits per heavy atom. The number of hydrogen-bond acceptors (Lipinski definition) is 4. The minimum atomic E-state index is -3.48. The highest BCUT2D eigenvalue weighted by Crippen LogP contribution is 2.77. The lowest BCUT2D eigenvalue weighted by Gasteiger charge is -2.59. The summed E-state index contributed by atoms with van der Waals surface area (Å²) in [5.74, 6) is 3.24. The maximum atomic E-state index is 13.7. The molecule has 4 rings (SSSR count). The molecule has 1 aromatic rings. The van der Waals surface area contributed by atoms with Gasteiger partial charge < -0.3 is 9.47 Å². The maximum Gasteiger partial charge on any atom is 0.178 e. The monoisotopic (exact) mass is 434 g/mol. The SMILES string of the molecule is COc1cc(OC)cc(S(=O)(=O)CC2[C@@]3(C)C(C)C3C[C@H]3C(C)(C)CCC[C@]23C)c1. The molecule has 3 aliphatic rings. The van der Waals surface area contributed by atoms with Crippen LogP contribution in [-0.2, 0) is 9.84 Å². The number of ether oxygens (including phenoxy) is 2. The van der Waals surface area contributed by atoms with E-state index in [2.05, 4.69) is 34.6 Å². The number of sulfone groups is 1. The van der Waals surface area contributed by atoms with Crippen LogP contribution in [0, 0.1) is 39.9 Å². The van der Waals surface area contributed by atoms with Crippen molar-refractivity contribution in [3.05, 3.63) is 18.2 Å². The lowest BCUT2D eigenvalue weighted by atomic mass is 9.47. The van der Waals surface area contributed by atoms with E-state index in [9.17, 15) is 8.42 Å². The van der Waals surface area contributed by atoms with E-state index in [1.807, 2.05) is 0 Å². The second-order valence-electron chi connectivity index (χ2n) is 11.3. The molecule has 0 heterocycles. The fraction of sp³-hybridized carbons (Fsp3) is 0.760. The molecule has 0 bridgehead atoms. The van der Waals surface area contributed by atoms with Crippen molar-refractivity contribution in [2.45, 2.75) is 65.2 Å². The van der Waals surface area contributed by atoms with Crippen molar-refractivity contribution in [1.82, 2.24) is 0 Å². The molecule has 3 saturated carbocycles. The van der Waals surface area contributed by atoms with E-state index in [-0.39, 0.29) is 27.9 Å². The van der Waals surface area contributed by atoms with Crippen LogP contribution in [0.25, 0.3) is 0 Å². The highest BCUT2D eigenvalue weighted by Gasteiger charge is 2.72. The summed E-state index contributed by atoms with van der Waals surface area (Å²) < 4.78 is 38.1. The largest absolute Gasteiger partial charge is 0.497 e. The molecule has 0 saturated heterocycles. The molecule has 3 fully saturated rings. The minimum absolute atomic E-state index is 0.0633. The summed E-state index contributed by atoms with van der Waals surface area (Å²) >= 11 is 0. The van der Waals surface area contributed by atoms with Crippen LogP contribution < -0.4 is 9.47 Å². The summed E-state index contributed by atoms with van der Waals surface area (Å²) in [5.41, 5.74) is 0.459. The number of benzene rings is 1. The van der Waals surface area contributed by atoms with Gasteiger partial charge in [0.25, 0.3) is 0 Å². The van der Waals surface area contributed by atoms with Crippen molar-refractivity contribution < 1.29 is 17.9 Å². The Morgan fingerprint density at radius 2 is 1.60 bits per heavy atom. The van der Waals surface area contributed by atoms with Crippen molar-refractivity contribution in [2.24, 2.45) is 39.9 Å². The third-order valence-electron chi connectivity index (χ3n) is 9.66. The van der Waals surface area contributed by atoms with Gasteiger partial charge in [-0.2, -0.15) is 0 Å². The van der Waals surface area contributed by atoms with Gasteiger partial charge in [-0.15, -0.1) is 0 Å². The van der Waals surface area contributed by atoms with E-state index < -0.39 is 9.84 Å². The van der Waals surface area contributed by atoms with Crippen molar-refractivity contribution in [2.75, 3.05) is 20.0 Å². The highest BCUT2D eigenvalue weighted by atomic mass is 32.2. The van der Waals surface area contributed by atoms with Crippen molar-refractivity contribution >= 4 is 9.84 Å². The molecule has 0 aliphatic heterocycles. The highest BCUT2D eigenvalue weighted by molar-refractivity contribution is 7.91. The average molecular weight is 435 g/mol. The molecule has 0 N–H and O–H groups in total. The summed E-state index contributed by atoms with van der Waals surface area (Å²) in [6, 6.07) is 5.00. The molecular weight excluding hydrogens is 396 g/mol. The third kappa shape index (κ3) is 3.10. The predicted molar refractivity (Wildman–Crippen MR) is 120 cm³/mol. The van der Waals surface area contributed by atoms with Gasteiger partial charge in [0.2, 0.25) is 0 Å². The summed E-state index contributed by atoms with van der Waals surface area (Å²) in [4.78, 5) is 0.313. The summed E-state index contributed by atoms with van der Waals surface area (Å²) in [7, 11) is -0.369. The second-order valence-corrected chi connectivity index (χ2v) is 13.3. The quantitative estimate of drug-likeness (QED) is 0.605.